The Morgan fingerprint density at radius 3 is 2.29 bits per heavy atom. The summed E-state index contributed by atoms with van der Waals surface area (Å²) >= 11 is 0. The molecule has 0 saturated heterocycles. The van der Waals surface area contributed by atoms with Crippen molar-refractivity contribution < 1.29 is 18.0 Å². The fourth-order valence-corrected chi connectivity index (χ4v) is 0.931. The number of guanidine groups is 1. The molecule has 2 N–H and O–H groups in total. The van der Waals surface area contributed by atoms with Crippen LogP contribution in [0.2, 0.25) is 0 Å². The van der Waals surface area contributed by atoms with E-state index in [1.165, 1.54) is 7.05 Å². The highest BCUT2D eigenvalue weighted by molar-refractivity contribution is 14.0. The quantitative estimate of drug-likeness (QED) is 0.432. The molecule has 1 amide bonds. The predicted molar refractivity (Wildman–Crippen MR) is 69.5 cm³/mol. The van der Waals surface area contributed by atoms with E-state index in [9.17, 15) is 18.0 Å². The molecule has 0 aliphatic rings. The Morgan fingerprint density at radius 1 is 1.41 bits per heavy atom. The topological polar surface area (TPSA) is 56.7 Å². The van der Waals surface area contributed by atoms with Crippen LogP contribution in [0.1, 0.15) is 0 Å². The van der Waals surface area contributed by atoms with Gasteiger partial charge in [0.15, 0.2) is 5.96 Å². The van der Waals surface area contributed by atoms with Crippen molar-refractivity contribution in [3.63, 3.8) is 0 Å². The van der Waals surface area contributed by atoms with Gasteiger partial charge in [0.2, 0.25) is 5.91 Å². The third-order valence-corrected chi connectivity index (χ3v) is 1.71. The van der Waals surface area contributed by atoms with E-state index < -0.39 is 18.6 Å². The highest BCUT2D eigenvalue weighted by Crippen LogP contribution is 2.15. The molecule has 5 nitrogen and oxygen atoms in total. The monoisotopic (exact) mass is 368 g/mol. The summed E-state index contributed by atoms with van der Waals surface area (Å²) in [6.07, 6.45) is -4.38. The maximum Gasteiger partial charge on any atom is 0.406 e. The van der Waals surface area contributed by atoms with Gasteiger partial charge < -0.3 is 15.5 Å². The number of likely N-dealkylation sites (N-methyl/N-ethyl adjacent to an activating group) is 1. The standard InChI is InChI=1S/C8H15F3N4O.HI/c1-12-7(13-2)14-4-6(16)15(3)5-8(9,10)11;/h4-5H2,1-3H3,(H2,12,13,14);1H. The van der Waals surface area contributed by atoms with E-state index in [1.807, 2.05) is 0 Å². The zero-order chi connectivity index (χ0) is 12.8. The molecule has 0 aromatic carbocycles. The summed E-state index contributed by atoms with van der Waals surface area (Å²) in [6.45, 7) is -1.49. The summed E-state index contributed by atoms with van der Waals surface area (Å²) < 4.78 is 35.8. The van der Waals surface area contributed by atoms with E-state index in [2.05, 4.69) is 15.6 Å². The van der Waals surface area contributed by atoms with Gasteiger partial charge in [0.25, 0.3) is 0 Å². The molecule has 0 aliphatic heterocycles. The molecule has 0 saturated carbocycles. The Bertz CT molecular complexity index is 270. The summed E-state index contributed by atoms with van der Waals surface area (Å²) in [7, 11) is 4.17. The smallest absolute Gasteiger partial charge is 0.359 e. The molecule has 0 fully saturated rings. The summed E-state index contributed by atoms with van der Waals surface area (Å²) in [6, 6.07) is 0. The van der Waals surface area contributed by atoms with Gasteiger partial charge in [-0.05, 0) is 0 Å². The summed E-state index contributed by atoms with van der Waals surface area (Å²) in [5.74, 6) is -0.317. The molecule has 17 heavy (non-hydrogen) atoms. The van der Waals surface area contributed by atoms with Crippen LogP contribution >= 0.6 is 24.0 Å². The minimum Gasteiger partial charge on any atom is -0.359 e. The SMILES string of the molecule is CN=C(NC)NCC(=O)N(C)CC(F)(F)F.I. The molecule has 0 atom stereocenters. The van der Waals surface area contributed by atoms with Crippen LogP contribution in [0, 0.1) is 0 Å². The molecule has 9 heteroatoms. The summed E-state index contributed by atoms with van der Waals surface area (Å²) in [5, 5.41) is 5.21. The Labute approximate surface area is 115 Å². The Kier molecular flexibility index (Phi) is 9.16. The molecule has 0 rings (SSSR count). The fraction of sp³-hybridized carbons (Fsp3) is 0.750. The number of alkyl halides is 3. The minimum atomic E-state index is -4.38. The van der Waals surface area contributed by atoms with Crippen LogP contribution in [-0.2, 0) is 4.79 Å². The molecule has 0 heterocycles. The molecule has 0 aromatic rings. The second-order valence-corrected chi connectivity index (χ2v) is 3.04. The van der Waals surface area contributed by atoms with Crippen molar-refractivity contribution >= 4 is 35.8 Å². The number of nitrogens with one attached hydrogen (secondary N) is 2. The highest BCUT2D eigenvalue weighted by atomic mass is 127. The molecule has 0 bridgehead atoms. The van der Waals surface area contributed by atoms with Gasteiger partial charge in [-0.3, -0.25) is 9.79 Å². The van der Waals surface area contributed by atoms with Crippen molar-refractivity contribution in [3.05, 3.63) is 0 Å². The molecule has 0 aliphatic carbocycles. The number of carbonyl (C=O) groups is 1. The van der Waals surface area contributed by atoms with Gasteiger partial charge in [-0.2, -0.15) is 13.2 Å². The number of hydrogen-bond acceptors (Lipinski definition) is 2. The number of halogens is 4. The van der Waals surface area contributed by atoms with Gasteiger partial charge in [0.1, 0.15) is 6.54 Å². The van der Waals surface area contributed by atoms with E-state index in [4.69, 9.17) is 0 Å². The van der Waals surface area contributed by atoms with Crippen LogP contribution in [0.15, 0.2) is 4.99 Å². The van der Waals surface area contributed by atoms with Crippen molar-refractivity contribution in [2.45, 2.75) is 6.18 Å². The molecule has 0 unspecified atom stereocenters. The fourth-order valence-electron chi connectivity index (χ4n) is 0.931. The van der Waals surface area contributed by atoms with E-state index in [0.29, 0.717) is 10.9 Å². The number of aliphatic imine (C=N–C) groups is 1. The first-order valence-electron chi connectivity index (χ1n) is 4.49. The number of nitrogens with zero attached hydrogens (tertiary/aromatic N) is 2. The minimum absolute atomic E-state index is 0. The van der Waals surface area contributed by atoms with Gasteiger partial charge in [0, 0.05) is 21.1 Å². The average molecular weight is 368 g/mol. The largest absolute Gasteiger partial charge is 0.406 e. The first-order chi connectivity index (χ1) is 7.30. The zero-order valence-electron chi connectivity index (χ0n) is 9.76. The molecular formula is C8H16F3IN4O. The number of hydrogen-bond donors (Lipinski definition) is 2. The lowest BCUT2D eigenvalue weighted by molar-refractivity contribution is -0.157. The van der Waals surface area contributed by atoms with Crippen molar-refractivity contribution in [1.82, 2.24) is 15.5 Å². The van der Waals surface area contributed by atoms with Crippen molar-refractivity contribution in [2.24, 2.45) is 4.99 Å². The number of amides is 1. The first-order valence-corrected chi connectivity index (χ1v) is 4.49. The van der Waals surface area contributed by atoms with Crippen molar-refractivity contribution in [1.29, 1.82) is 0 Å². The lowest BCUT2D eigenvalue weighted by atomic mass is 10.4. The molecule has 102 valence electrons. The Hall–Kier alpha value is -0.740. The summed E-state index contributed by atoms with van der Waals surface area (Å²) in [5.41, 5.74) is 0. The lowest BCUT2D eigenvalue weighted by Gasteiger charge is -2.19. The first kappa shape index (κ1) is 18.6. The van der Waals surface area contributed by atoms with Gasteiger partial charge in [-0.15, -0.1) is 24.0 Å². The summed E-state index contributed by atoms with van der Waals surface area (Å²) in [4.78, 5) is 15.6. The van der Waals surface area contributed by atoms with Crippen molar-refractivity contribution in [2.75, 3.05) is 34.2 Å². The van der Waals surface area contributed by atoms with Gasteiger partial charge >= 0.3 is 6.18 Å². The van der Waals surface area contributed by atoms with E-state index in [1.54, 1.807) is 7.05 Å². The van der Waals surface area contributed by atoms with E-state index in [-0.39, 0.29) is 30.5 Å². The van der Waals surface area contributed by atoms with Gasteiger partial charge in [0.05, 0.1) is 6.54 Å². The zero-order valence-corrected chi connectivity index (χ0v) is 12.1. The Balaban J connectivity index is 0. The second kappa shape index (κ2) is 8.37. The predicted octanol–water partition coefficient (Wildman–Crippen LogP) is 0.420. The molecular weight excluding hydrogens is 352 g/mol. The number of rotatable bonds is 3. The van der Waals surface area contributed by atoms with E-state index >= 15 is 0 Å². The lowest BCUT2D eigenvalue weighted by Crippen LogP contribution is -2.44. The molecule has 0 spiro atoms. The maximum atomic E-state index is 11.9. The van der Waals surface area contributed by atoms with Crippen LogP contribution in [0.5, 0.6) is 0 Å². The maximum absolute atomic E-state index is 11.9. The van der Waals surface area contributed by atoms with Crippen LogP contribution in [0.3, 0.4) is 0 Å². The molecule has 0 aromatic heterocycles. The third-order valence-electron chi connectivity index (χ3n) is 1.71. The Morgan fingerprint density at radius 2 is 1.94 bits per heavy atom. The van der Waals surface area contributed by atoms with Crippen molar-refractivity contribution in [3.8, 4) is 0 Å². The third kappa shape index (κ3) is 9.01. The van der Waals surface area contributed by atoms with Crippen LogP contribution in [0.25, 0.3) is 0 Å². The van der Waals surface area contributed by atoms with Crippen LogP contribution < -0.4 is 10.6 Å². The van der Waals surface area contributed by atoms with Gasteiger partial charge in [-0.25, -0.2) is 0 Å². The van der Waals surface area contributed by atoms with Crippen LogP contribution in [0.4, 0.5) is 13.2 Å². The number of carbonyl (C=O) groups excluding carboxylic acids is 1. The molecule has 0 radical (unpaired) electrons. The van der Waals surface area contributed by atoms with Crippen LogP contribution in [-0.4, -0.2) is 57.2 Å². The average Bonchev–Trinajstić information content (AvgIpc) is 2.16. The van der Waals surface area contributed by atoms with Gasteiger partial charge in [-0.1, -0.05) is 0 Å². The highest BCUT2D eigenvalue weighted by Gasteiger charge is 2.30. The normalized spacial score (nSPS) is 11.5. The second-order valence-electron chi connectivity index (χ2n) is 3.04. The van der Waals surface area contributed by atoms with E-state index in [0.717, 1.165) is 7.05 Å².